The monoisotopic (exact) mass is 1470 g/mol. The molecule has 15 aromatic carbocycles. The molecule has 524 valence electrons. The Kier molecular flexibility index (Phi) is 17.3. The van der Waals surface area contributed by atoms with Gasteiger partial charge in [0.05, 0.1) is 45.9 Å². The summed E-state index contributed by atoms with van der Waals surface area (Å²) in [7, 11) is 0. The number of hydrogen-bond acceptors (Lipinski definition) is 14. The highest BCUT2D eigenvalue weighted by molar-refractivity contribution is 7.00. The molecule has 0 amide bonds. The van der Waals surface area contributed by atoms with E-state index in [1.54, 1.807) is 0 Å². The molecule has 6 heterocycles. The lowest BCUT2D eigenvalue weighted by atomic mass is 9.97. The van der Waals surface area contributed by atoms with Crippen molar-refractivity contribution in [1.82, 2.24) is 57.4 Å². The summed E-state index contributed by atoms with van der Waals surface area (Å²) in [5.74, 6) is 3.73. The third kappa shape index (κ3) is 13.0. The lowest BCUT2D eigenvalue weighted by Crippen LogP contribution is -2.00. The molecule has 21 rings (SSSR count). The van der Waals surface area contributed by atoms with Crippen molar-refractivity contribution in [1.29, 1.82) is 0 Å². The van der Waals surface area contributed by atoms with Gasteiger partial charge in [-0.05, 0) is 104 Å². The van der Waals surface area contributed by atoms with E-state index in [-0.39, 0.29) is 0 Å². The van der Waals surface area contributed by atoms with Crippen LogP contribution < -0.4 is 0 Å². The molecule has 0 saturated heterocycles. The predicted octanol–water partition coefficient (Wildman–Crippen LogP) is 24.8. The number of benzene rings is 15. The molecule has 14 heteroatoms. The zero-order valence-electron chi connectivity index (χ0n) is 59.8. The van der Waals surface area contributed by atoms with Crippen molar-refractivity contribution in [3.8, 4) is 146 Å². The third-order valence-corrected chi connectivity index (χ3v) is 21.5. The molecule has 0 saturated carbocycles. The second-order valence-electron chi connectivity index (χ2n) is 27.3. The predicted molar refractivity (Wildman–Crippen MR) is 458 cm³/mol. The molecule has 12 nitrogen and oxygen atoms in total. The normalized spacial score (nSPS) is 11.4. The fraction of sp³-hybridized carbons (Fsp3) is 0. The maximum atomic E-state index is 5.16. The average Bonchev–Trinajstić information content (AvgIpc) is 1.28. The van der Waals surface area contributed by atoms with E-state index in [1.807, 2.05) is 78.9 Å². The van der Waals surface area contributed by atoms with Crippen LogP contribution in [-0.4, -0.2) is 57.4 Å². The summed E-state index contributed by atoms with van der Waals surface area (Å²) in [5, 5.41) is 6.46. The Balaban J connectivity index is 0.000000147. The molecule has 112 heavy (non-hydrogen) atoms. The van der Waals surface area contributed by atoms with Crippen LogP contribution in [0.5, 0.6) is 0 Å². The minimum absolute atomic E-state index is 0.609. The molecular weight excluding hydrogens is 1410 g/mol. The third-order valence-electron chi connectivity index (χ3n) is 20.5. The van der Waals surface area contributed by atoms with Gasteiger partial charge in [0.25, 0.3) is 0 Å². The molecule has 0 aliphatic heterocycles. The fourth-order valence-corrected chi connectivity index (χ4v) is 15.9. The van der Waals surface area contributed by atoms with Crippen molar-refractivity contribution in [3.63, 3.8) is 0 Å². The Labute approximate surface area is 652 Å². The highest BCUT2D eigenvalue weighted by Crippen LogP contribution is 2.41. The first-order chi connectivity index (χ1) is 55.5. The number of aromatic nitrogens is 12. The Hall–Kier alpha value is -14.7. The first kappa shape index (κ1) is 66.7. The van der Waals surface area contributed by atoms with Crippen LogP contribution in [0.25, 0.3) is 212 Å². The van der Waals surface area contributed by atoms with Crippen molar-refractivity contribution < 1.29 is 0 Å². The molecule has 0 aliphatic carbocycles. The van der Waals surface area contributed by atoms with Crippen molar-refractivity contribution in [2.24, 2.45) is 0 Å². The van der Waals surface area contributed by atoms with Crippen molar-refractivity contribution >= 4 is 88.9 Å². The van der Waals surface area contributed by atoms with Gasteiger partial charge in [-0.3, -0.25) is 0 Å². The van der Waals surface area contributed by atoms with E-state index < -0.39 is 0 Å². The zero-order valence-corrected chi connectivity index (χ0v) is 61.5. The minimum atomic E-state index is 0.609. The summed E-state index contributed by atoms with van der Waals surface area (Å²) in [5.41, 5.74) is 26.2. The fourth-order valence-electron chi connectivity index (χ4n) is 14.8. The second-order valence-corrected chi connectivity index (χ2v) is 28.4. The zero-order chi connectivity index (χ0) is 74.3. The molecule has 0 aliphatic rings. The average molecular weight is 1470 g/mol. The Morgan fingerprint density at radius 2 is 0.402 bits per heavy atom. The van der Waals surface area contributed by atoms with Gasteiger partial charge in [0.1, 0.15) is 22.1 Å². The van der Waals surface area contributed by atoms with E-state index in [9.17, 15) is 0 Å². The number of hydrogen-bond donors (Lipinski definition) is 0. The maximum Gasteiger partial charge on any atom is 0.164 e. The van der Waals surface area contributed by atoms with E-state index in [1.165, 1.54) is 29.0 Å². The van der Waals surface area contributed by atoms with E-state index in [2.05, 4.69) is 303 Å². The maximum absolute atomic E-state index is 5.16. The molecule has 21 aromatic rings. The van der Waals surface area contributed by atoms with Crippen LogP contribution in [0.15, 0.2) is 364 Å². The van der Waals surface area contributed by atoms with Gasteiger partial charge in [0, 0.05) is 76.8 Å². The van der Waals surface area contributed by atoms with E-state index in [0.717, 1.165) is 171 Å². The highest BCUT2D eigenvalue weighted by Gasteiger charge is 2.21. The summed E-state index contributed by atoms with van der Waals surface area (Å²) in [4.78, 5) is 40.5. The second kappa shape index (κ2) is 29.1. The van der Waals surface area contributed by atoms with E-state index in [0.29, 0.717) is 34.9 Å². The van der Waals surface area contributed by atoms with Crippen molar-refractivity contribution in [2.45, 2.75) is 0 Å². The standard InChI is InChI=1S/C52H32N6S.C46H28N6S/c1-3-10-33(11-4-1)35-20-26-39(27-21-35)50-54-51(40-28-22-36(23-29-40)34-12-5-2-6-13-34)56-52(55-50)42-15-9-14-41(32-42)37-18-24-38(25-19-37)48-44-30-31-46-49(58-59-57-46)47(44)43-16-7-8-17-45(43)53-48;1-3-10-29(11-4-1)30-20-24-34(25-21-30)45-48-44(33-12-5-2-6-13-33)49-46(50-45)36-15-9-14-35(28-36)31-18-22-32(23-19-31)42-38-26-27-40-43(52-53-51-40)41(38)37-16-7-8-17-39(37)47-42/h1-32H;1-28H. The summed E-state index contributed by atoms with van der Waals surface area (Å²) < 4.78 is 18.4. The number of rotatable bonds is 13. The van der Waals surface area contributed by atoms with Gasteiger partial charge in [-0.1, -0.05) is 315 Å². The molecule has 0 radical (unpaired) electrons. The minimum Gasteiger partial charge on any atom is -0.247 e. The molecule has 0 atom stereocenters. The molecule has 0 N–H and O–H groups in total. The Bertz CT molecular complexity index is 6970. The van der Waals surface area contributed by atoms with Gasteiger partial charge in [-0.15, -0.1) is 0 Å². The highest BCUT2D eigenvalue weighted by atomic mass is 32.1. The molecular formula is C98H60N12S2. The quantitative estimate of drug-likeness (QED) is 0.101. The van der Waals surface area contributed by atoms with Gasteiger partial charge >= 0.3 is 0 Å². The van der Waals surface area contributed by atoms with Crippen LogP contribution in [0.4, 0.5) is 0 Å². The topological polar surface area (TPSA) is 155 Å². The largest absolute Gasteiger partial charge is 0.247 e. The van der Waals surface area contributed by atoms with E-state index in [4.69, 9.17) is 39.9 Å². The summed E-state index contributed by atoms with van der Waals surface area (Å²) in [6.45, 7) is 0. The Morgan fingerprint density at radius 1 is 0.152 bits per heavy atom. The molecule has 0 fully saturated rings. The van der Waals surface area contributed by atoms with Crippen molar-refractivity contribution in [3.05, 3.63) is 364 Å². The van der Waals surface area contributed by atoms with Crippen LogP contribution in [0.1, 0.15) is 0 Å². The number of nitrogens with zero attached hydrogens (tertiary/aromatic N) is 12. The van der Waals surface area contributed by atoms with Gasteiger partial charge < -0.3 is 0 Å². The van der Waals surface area contributed by atoms with Crippen LogP contribution in [0, 0.1) is 0 Å². The van der Waals surface area contributed by atoms with Gasteiger partial charge in [0.2, 0.25) is 0 Å². The number of pyridine rings is 2. The first-order valence-corrected chi connectivity index (χ1v) is 38.3. The summed E-state index contributed by atoms with van der Waals surface area (Å²) in [6, 6.07) is 125. The molecule has 6 aromatic heterocycles. The van der Waals surface area contributed by atoms with Gasteiger partial charge in [-0.25, -0.2) is 39.9 Å². The molecule has 0 spiro atoms. The van der Waals surface area contributed by atoms with Crippen LogP contribution in [0.3, 0.4) is 0 Å². The summed E-state index contributed by atoms with van der Waals surface area (Å²) in [6.07, 6.45) is 0. The van der Waals surface area contributed by atoms with Crippen LogP contribution >= 0.6 is 23.5 Å². The molecule has 0 bridgehead atoms. The first-order valence-electron chi connectivity index (χ1n) is 36.8. The van der Waals surface area contributed by atoms with Crippen LogP contribution in [-0.2, 0) is 0 Å². The lowest BCUT2D eigenvalue weighted by molar-refractivity contribution is 1.07. The Morgan fingerprint density at radius 3 is 0.750 bits per heavy atom. The van der Waals surface area contributed by atoms with Crippen LogP contribution in [0.2, 0.25) is 0 Å². The van der Waals surface area contributed by atoms with E-state index >= 15 is 0 Å². The van der Waals surface area contributed by atoms with Crippen molar-refractivity contribution in [2.75, 3.05) is 0 Å². The number of fused-ring (bicyclic) bond motifs is 10. The van der Waals surface area contributed by atoms with Gasteiger partial charge in [-0.2, -0.15) is 17.5 Å². The number of para-hydroxylation sites is 2. The smallest absolute Gasteiger partial charge is 0.164 e. The summed E-state index contributed by atoms with van der Waals surface area (Å²) >= 11 is 2.49. The lowest BCUT2D eigenvalue weighted by Gasteiger charge is -2.12. The molecule has 0 unspecified atom stereocenters. The van der Waals surface area contributed by atoms with Gasteiger partial charge in [0.15, 0.2) is 34.9 Å². The SMILES string of the molecule is c1ccc(-c2ccc(-c3nc(-c4ccc(-c5ccccc5)cc4)nc(-c4cccc(-c5ccc(-c6nc7ccccc7c7c6ccc6nsnc67)cc5)c4)n3)cc2)cc1.c1ccc(-c2ccc(-c3nc(-c4ccccc4)nc(-c4cccc(-c5ccc(-c6nc7ccccc7c7c6ccc6nsnc67)cc5)c4)n3)cc2)cc1.